The van der Waals surface area contributed by atoms with Gasteiger partial charge in [-0.15, -0.1) is 0 Å². The highest BCUT2D eigenvalue weighted by atomic mass is 16.6. The molecule has 0 saturated carbocycles. The van der Waals surface area contributed by atoms with Crippen molar-refractivity contribution in [1.29, 1.82) is 0 Å². The smallest absolute Gasteiger partial charge is 0.138 e. The van der Waals surface area contributed by atoms with Crippen LogP contribution in [0, 0.1) is 0 Å². The zero-order valence-corrected chi connectivity index (χ0v) is 13.3. The number of epoxide rings is 1. The van der Waals surface area contributed by atoms with Crippen molar-refractivity contribution in [3.05, 3.63) is 71.8 Å². The van der Waals surface area contributed by atoms with Crippen LogP contribution in [-0.2, 0) is 4.74 Å². The molecule has 0 radical (unpaired) electrons. The van der Waals surface area contributed by atoms with Gasteiger partial charge in [0.05, 0.1) is 6.10 Å². The van der Waals surface area contributed by atoms with Gasteiger partial charge >= 0.3 is 0 Å². The minimum absolute atomic E-state index is 0.385. The van der Waals surface area contributed by atoms with Crippen LogP contribution in [0.1, 0.15) is 48.8 Å². The van der Waals surface area contributed by atoms with E-state index in [2.05, 4.69) is 65.6 Å². The van der Waals surface area contributed by atoms with E-state index < -0.39 is 0 Å². The highest BCUT2D eigenvalue weighted by molar-refractivity contribution is 5.26. The summed E-state index contributed by atoms with van der Waals surface area (Å²) >= 11 is 0. The maximum absolute atomic E-state index is 5.97. The largest absolute Gasteiger partial charge is 0.353 e. The van der Waals surface area contributed by atoms with Gasteiger partial charge in [0.2, 0.25) is 0 Å². The van der Waals surface area contributed by atoms with E-state index in [1.807, 2.05) is 0 Å². The van der Waals surface area contributed by atoms with Crippen LogP contribution in [0.15, 0.2) is 60.7 Å². The summed E-state index contributed by atoms with van der Waals surface area (Å²) in [7, 11) is 0. The van der Waals surface area contributed by atoms with Crippen LogP contribution < -0.4 is 0 Å². The van der Waals surface area contributed by atoms with Gasteiger partial charge in [-0.05, 0) is 42.7 Å². The predicted molar refractivity (Wildman–Crippen MR) is 91.1 cm³/mol. The minimum Gasteiger partial charge on any atom is -0.353 e. The van der Waals surface area contributed by atoms with E-state index in [1.165, 1.54) is 36.8 Å². The molecule has 3 heterocycles. The summed E-state index contributed by atoms with van der Waals surface area (Å²) in [5.74, 6) is 0.665. The highest BCUT2D eigenvalue weighted by Crippen LogP contribution is 2.51. The number of nitrogens with zero attached hydrogens (tertiary/aromatic N) is 1. The standard InChI is InChI=1S/C21H23NO/c1-3-7-15(8-4-1)17-13-18-11-12-20-21(23-20)22(18)19(14-17)16-9-5-2-6-10-16/h1-10,17-21H,11-14H2. The molecule has 0 spiro atoms. The number of ether oxygens (including phenoxy) is 1. The van der Waals surface area contributed by atoms with Crippen molar-refractivity contribution in [2.45, 2.75) is 56.0 Å². The first kappa shape index (κ1) is 13.8. The van der Waals surface area contributed by atoms with E-state index in [0.717, 1.165) is 0 Å². The average molecular weight is 305 g/mol. The maximum atomic E-state index is 5.97. The highest BCUT2D eigenvalue weighted by Gasteiger charge is 2.54. The Balaban J connectivity index is 1.50. The Bertz CT molecular complexity index is 671. The molecule has 23 heavy (non-hydrogen) atoms. The minimum atomic E-state index is 0.385. The molecule has 5 rings (SSSR count). The second kappa shape index (κ2) is 5.47. The molecule has 3 fully saturated rings. The van der Waals surface area contributed by atoms with Crippen molar-refractivity contribution >= 4 is 0 Å². The average Bonchev–Trinajstić information content (AvgIpc) is 3.42. The number of hydrogen-bond acceptors (Lipinski definition) is 2. The summed E-state index contributed by atoms with van der Waals surface area (Å²) in [5.41, 5.74) is 2.96. The number of benzene rings is 2. The van der Waals surface area contributed by atoms with Gasteiger partial charge < -0.3 is 4.74 Å². The Hall–Kier alpha value is -1.64. The molecule has 5 atom stereocenters. The van der Waals surface area contributed by atoms with Gasteiger partial charge in [0, 0.05) is 12.1 Å². The molecule has 118 valence electrons. The van der Waals surface area contributed by atoms with Gasteiger partial charge in [-0.25, -0.2) is 0 Å². The van der Waals surface area contributed by atoms with Crippen LogP contribution in [0.4, 0.5) is 0 Å². The molecule has 3 saturated heterocycles. The van der Waals surface area contributed by atoms with E-state index in [1.54, 1.807) is 0 Å². The lowest BCUT2D eigenvalue weighted by atomic mass is 9.77. The van der Waals surface area contributed by atoms with Gasteiger partial charge in [0.15, 0.2) is 0 Å². The van der Waals surface area contributed by atoms with E-state index >= 15 is 0 Å². The lowest BCUT2D eigenvalue weighted by Gasteiger charge is -2.46. The van der Waals surface area contributed by atoms with Crippen LogP contribution in [0.5, 0.6) is 0 Å². The lowest BCUT2D eigenvalue weighted by molar-refractivity contribution is 0.0173. The molecule has 2 aromatic carbocycles. The number of rotatable bonds is 2. The monoisotopic (exact) mass is 305 g/mol. The summed E-state index contributed by atoms with van der Waals surface area (Å²) in [6.07, 6.45) is 5.90. The molecule has 2 aromatic rings. The molecule has 3 aliphatic heterocycles. The Kier molecular flexibility index (Phi) is 3.27. The normalized spacial score (nSPS) is 36.1. The van der Waals surface area contributed by atoms with Crippen LogP contribution in [-0.4, -0.2) is 23.3 Å². The molecule has 0 aromatic heterocycles. The van der Waals surface area contributed by atoms with Crippen LogP contribution in [0.2, 0.25) is 0 Å². The van der Waals surface area contributed by atoms with Crippen molar-refractivity contribution < 1.29 is 4.74 Å². The van der Waals surface area contributed by atoms with Crippen molar-refractivity contribution in [3.8, 4) is 0 Å². The van der Waals surface area contributed by atoms with Crippen molar-refractivity contribution in [2.24, 2.45) is 0 Å². The molecule has 3 aliphatic rings. The topological polar surface area (TPSA) is 15.8 Å². The summed E-state index contributed by atoms with van der Waals surface area (Å²) in [4.78, 5) is 2.70. The molecule has 5 unspecified atom stereocenters. The van der Waals surface area contributed by atoms with Crippen molar-refractivity contribution in [3.63, 3.8) is 0 Å². The molecule has 2 nitrogen and oxygen atoms in total. The molecular weight excluding hydrogens is 282 g/mol. The first-order valence-electron chi connectivity index (χ1n) is 8.93. The molecular formula is C21H23NO. The molecule has 0 aliphatic carbocycles. The fourth-order valence-corrected chi connectivity index (χ4v) is 4.79. The van der Waals surface area contributed by atoms with Gasteiger partial charge in [0.1, 0.15) is 6.23 Å². The van der Waals surface area contributed by atoms with Crippen LogP contribution in [0.3, 0.4) is 0 Å². The predicted octanol–water partition coefficient (Wildman–Crippen LogP) is 4.49. The van der Waals surface area contributed by atoms with E-state index in [0.29, 0.717) is 30.3 Å². The van der Waals surface area contributed by atoms with Crippen molar-refractivity contribution in [2.75, 3.05) is 0 Å². The van der Waals surface area contributed by atoms with Gasteiger partial charge in [-0.1, -0.05) is 60.7 Å². The molecule has 0 N–H and O–H groups in total. The zero-order valence-electron chi connectivity index (χ0n) is 13.3. The molecule has 0 bridgehead atoms. The van der Waals surface area contributed by atoms with Crippen LogP contribution >= 0.6 is 0 Å². The number of piperidine rings is 2. The third-order valence-corrected chi connectivity index (χ3v) is 5.94. The first-order chi connectivity index (χ1) is 11.4. The number of fused-ring (bicyclic) bond motifs is 3. The van der Waals surface area contributed by atoms with E-state index in [4.69, 9.17) is 4.74 Å². The Labute approximate surface area is 138 Å². The quantitative estimate of drug-likeness (QED) is 0.760. The first-order valence-corrected chi connectivity index (χ1v) is 8.93. The fourth-order valence-electron chi connectivity index (χ4n) is 4.79. The SMILES string of the molecule is c1ccc(C2CC3CCC4OC4N3C(c3ccccc3)C2)cc1. The molecule has 0 amide bonds. The summed E-state index contributed by atoms with van der Waals surface area (Å²) < 4.78 is 5.97. The Morgan fingerprint density at radius 2 is 1.48 bits per heavy atom. The van der Waals surface area contributed by atoms with Crippen molar-refractivity contribution in [1.82, 2.24) is 4.90 Å². The second-order valence-corrected chi connectivity index (χ2v) is 7.25. The van der Waals surface area contributed by atoms with E-state index in [9.17, 15) is 0 Å². The number of hydrogen-bond donors (Lipinski definition) is 0. The lowest BCUT2D eigenvalue weighted by Crippen LogP contribution is -2.48. The Morgan fingerprint density at radius 3 is 2.22 bits per heavy atom. The Morgan fingerprint density at radius 1 is 0.783 bits per heavy atom. The van der Waals surface area contributed by atoms with Gasteiger partial charge in [-0.3, -0.25) is 4.90 Å². The van der Waals surface area contributed by atoms with Gasteiger partial charge in [0.25, 0.3) is 0 Å². The van der Waals surface area contributed by atoms with E-state index in [-0.39, 0.29) is 0 Å². The third-order valence-electron chi connectivity index (χ3n) is 5.94. The summed E-state index contributed by atoms with van der Waals surface area (Å²) in [6.45, 7) is 0. The zero-order chi connectivity index (χ0) is 15.2. The molecule has 2 heteroatoms. The maximum Gasteiger partial charge on any atom is 0.138 e. The fraction of sp³-hybridized carbons (Fsp3) is 0.429. The third kappa shape index (κ3) is 2.41. The van der Waals surface area contributed by atoms with Crippen LogP contribution in [0.25, 0.3) is 0 Å². The van der Waals surface area contributed by atoms with Gasteiger partial charge in [-0.2, -0.15) is 0 Å². The summed E-state index contributed by atoms with van der Waals surface area (Å²) in [6, 6.07) is 23.3. The second-order valence-electron chi connectivity index (χ2n) is 7.25. The summed E-state index contributed by atoms with van der Waals surface area (Å²) in [5, 5.41) is 0.